The van der Waals surface area contributed by atoms with Crippen LogP contribution >= 0.6 is 0 Å². The van der Waals surface area contributed by atoms with Gasteiger partial charge in [0.15, 0.2) is 5.58 Å². The summed E-state index contributed by atoms with van der Waals surface area (Å²) in [5, 5.41) is 0. The lowest BCUT2D eigenvalue weighted by atomic mass is 10.2. The third kappa shape index (κ3) is 3.46. The van der Waals surface area contributed by atoms with Crippen LogP contribution in [-0.4, -0.2) is 4.98 Å². The molecule has 4 nitrogen and oxygen atoms in total. The zero-order valence-electron chi connectivity index (χ0n) is 11.3. The molecule has 0 fully saturated rings. The Labute approximate surface area is 118 Å². The van der Waals surface area contributed by atoms with Crippen molar-refractivity contribution in [2.24, 2.45) is 5.84 Å². The maximum atomic E-state index is 5.60. The van der Waals surface area contributed by atoms with Crippen LogP contribution in [0, 0.1) is 0 Å². The summed E-state index contributed by atoms with van der Waals surface area (Å²) in [7, 11) is 0. The van der Waals surface area contributed by atoms with Gasteiger partial charge in [-0.15, -0.1) is 0 Å². The van der Waals surface area contributed by atoms with Crippen LogP contribution in [0.15, 0.2) is 70.8 Å². The van der Waals surface area contributed by atoms with Gasteiger partial charge < -0.3 is 9.84 Å². The van der Waals surface area contributed by atoms with Gasteiger partial charge in [-0.1, -0.05) is 36.4 Å². The molecule has 0 atom stereocenters. The maximum Gasteiger partial charge on any atom is 0.220 e. The van der Waals surface area contributed by atoms with Crippen molar-refractivity contribution in [2.75, 3.05) is 0 Å². The lowest BCUT2D eigenvalue weighted by Crippen LogP contribution is -2.19. The number of fused-ring (bicyclic) bond motifs is 1. The first-order valence-electron chi connectivity index (χ1n) is 6.24. The predicted octanol–water partition coefficient (Wildman–Crippen LogP) is 3.32. The number of nitrogens with zero attached hydrogens (tertiary/aromatic N) is 1. The smallest absolute Gasteiger partial charge is 0.220 e. The second kappa shape index (κ2) is 6.54. The van der Waals surface area contributed by atoms with E-state index in [0.29, 0.717) is 5.89 Å². The van der Waals surface area contributed by atoms with E-state index < -0.39 is 0 Å². The predicted molar refractivity (Wildman–Crippen MR) is 82.4 cm³/mol. The molecule has 0 saturated heterocycles. The van der Waals surface area contributed by atoms with Gasteiger partial charge in [0.2, 0.25) is 5.89 Å². The summed E-state index contributed by atoms with van der Waals surface area (Å²) in [6, 6.07) is 7.68. The average Bonchev–Trinajstić information content (AvgIpc) is 2.89. The van der Waals surface area contributed by atoms with Crippen molar-refractivity contribution in [1.82, 2.24) is 10.4 Å². The normalized spacial score (nSPS) is 13.1. The molecule has 0 bridgehead atoms. The van der Waals surface area contributed by atoms with Crippen LogP contribution in [0.2, 0.25) is 0 Å². The highest BCUT2D eigenvalue weighted by molar-refractivity contribution is 5.73. The Morgan fingerprint density at radius 3 is 2.85 bits per heavy atom. The number of nitrogens with one attached hydrogen (secondary N) is 1. The number of nitrogens with two attached hydrogens (primary N) is 1. The van der Waals surface area contributed by atoms with Crippen molar-refractivity contribution < 1.29 is 4.42 Å². The Morgan fingerprint density at radius 1 is 1.35 bits per heavy atom. The highest BCUT2D eigenvalue weighted by Crippen LogP contribution is 2.16. The fourth-order valence-electron chi connectivity index (χ4n) is 1.62. The third-order valence-electron chi connectivity index (χ3n) is 2.71. The first kappa shape index (κ1) is 13.8. The minimum Gasteiger partial charge on any atom is -0.437 e. The van der Waals surface area contributed by atoms with Gasteiger partial charge in [0, 0.05) is 11.8 Å². The second-order valence-electron chi connectivity index (χ2n) is 4.23. The summed E-state index contributed by atoms with van der Waals surface area (Å²) in [4.78, 5) is 4.37. The van der Waals surface area contributed by atoms with E-state index in [1.165, 1.54) is 0 Å². The Bertz CT molecular complexity index is 660. The number of hydrogen-bond donors (Lipinski definition) is 2. The summed E-state index contributed by atoms with van der Waals surface area (Å²) in [6.45, 7) is 5.62. The van der Waals surface area contributed by atoms with Crippen LogP contribution in [-0.2, 0) is 0 Å². The molecule has 1 aromatic carbocycles. The fraction of sp³-hybridized carbons (Fsp3) is 0.0625. The van der Waals surface area contributed by atoms with Crippen molar-refractivity contribution in [1.29, 1.82) is 0 Å². The number of para-hydroxylation sites is 2. The Morgan fingerprint density at radius 2 is 2.15 bits per heavy atom. The Kier molecular flexibility index (Phi) is 4.52. The van der Waals surface area contributed by atoms with Gasteiger partial charge in [-0.2, -0.15) is 0 Å². The lowest BCUT2D eigenvalue weighted by Gasteiger charge is -1.96. The molecular weight excluding hydrogens is 250 g/mol. The zero-order valence-corrected chi connectivity index (χ0v) is 11.3. The summed E-state index contributed by atoms with van der Waals surface area (Å²) in [5.41, 5.74) is 5.98. The SMILES string of the molecule is C=C\C(=C/C=C(C)/C=C/c1nc2ccccc2o1)NN. The molecule has 4 heteroatoms. The molecule has 0 radical (unpaired) electrons. The number of rotatable bonds is 5. The Hall–Kier alpha value is -2.59. The van der Waals surface area contributed by atoms with E-state index in [9.17, 15) is 0 Å². The molecule has 102 valence electrons. The van der Waals surface area contributed by atoms with Gasteiger partial charge in [0.1, 0.15) is 5.52 Å². The van der Waals surface area contributed by atoms with E-state index in [0.717, 1.165) is 22.4 Å². The molecular formula is C16H17N3O. The van der Waals surface area contributed by atoms with Crippen molar-refractivity contribution in [3.8, 4) is 0 Å². The van der Waals surface area contributed by atoms with Gasteiger partial charge >= 0.3 is 0 Å². The molecule has 0 aliphatic rings. The van der Waals surface area contributed by atoms with E-state index in [4.69, 9.17) is 10.3 Å². The van der Waals surface area contributed by atoms with Crippen molar-refractivity contribution in [2.45, 2.75) is 6.92 Å². The van der Waals surface area contributed by atoms with E-state index in [1.807, 2.05) is 55.5 Å². The molecule has 0 aliphatic carbocycles. The molecule has 1 heterocycles. The molecule has 0 saturated carbocycles. The molecule has 0 spiro atoms. The van der Waals surface area contributed by atoms with Crippen LogP contribution in [0.4, 0.5) is 0 Å². The molecule has 0 aliphatic heterocycles. The van der Waals surface area contributed by atoms with E-state index in [2.05, 4.69) is 17.0 Å². The zero-order chi connectivity index (χ0) is 14.4. The Balaban J connectivity index is 2.14. The van der Waals surface area contributed by atoms with Crippen LogP contribution in [0.5, 0.6) is 0 Å². The molecule has 2 rings (SSSR count). The minimum atomic E-state index is 0.587. The van der Waals surface area contributed by atoms with E-state index >= 15 is 0 Å². The third-order valence-corrected chi connectivity index (χ3v) is 2.71. The topological polar surface area (TPSA) is 64.1 Å². The quantitative estimate of drug-likeness (QED) is 0.495. The van der Waals surface area contributed by atoms with Gasteiger partial charge in [0.25, 0.3) is 0 Å². The molecule has 2 aromatic rings. The molecule has 0 unspecified atom stereocenters. The summed E-state index contributed by atoms with van der Waals surface area (Å²) >= 11 is 0. The minimum absolute atomic E-state index is 0.587. The van der Waals surface area contributed by atoms with Crippen molar-refractivity contribution in [3.63, 3.8) is 0 Å². The van der Waals surface area contributed by atoms with Crippen molar-refractivity contribution in [3.05, 3.63) is 72.3 Å². The van der Waals surface area contributed by atoms with Crippen LogP contribution in [0.3, 0.4) is 0 Å². The number of benzene rings is 1. The summed E-state index contributed by atoms with van der Waals surface area (Å²) < 4.78 is 5.60. The van der Waals surface area contributed by atoms with E-state index in [-0.39, 0.29) is 0 Å². The number of oxazole rings is 1. The number of allylic oxidation sites excluding steroid dienone is 5. The maximum absolute atomic E-state index is 5.60. The van der Waals surface area contributed by atoms with Gasteiger partial charge in [-0.25, -0.2) is 4.98 Å². The molecule has 3 N–H and O–H groups in total. The molecule has 20 heavy (non-hydrogen) atoms. The van der Waals surface area contributed by atoms with Crippen molar-refractivity contribution >= 4 is 17.2 Å². The summed E-state index contributed by atoms with van der Waals surface area (Å²) in [6.07, 6.45) is 9.19. The monoisotopic (exact) mass is 267 g/mol. The largest absolute Gasteiger partial charge is 0.437 e. The first-order valence-corrected chi connectivity index (χ1v) is 6.24. The van der Waals surface area contributed by atoms with E-state index in [1.54, 1.807) is 6.08 Å². The van der Waals surface area contributed by atoms with Gasteiger partial charge in [-0.3, -0.25) is 5.84 Å². The number of hydrazine groups is 1. The molecule has 1 aromatic heterocycles. The standard InChI is InChI=1S/C16H17N3O/c1-3-13(19-17)10-8-12(2)9-11-16-18-14-6-4-5-7-15(14)20-16/h3-11,19H,1,17H2,2H3/b11-9+,12-8+,13-10+. The highest BCUT2D eigenvalue weighted by Gasteiger charge is 2.00. The van der Waals surface area contributed by atoms with Gasteiger partial charge in [-0.05, 0) is 31.2 Å². The second-order valence-corrected chi connectivity index (χ2v) is 4.23. The average molecular weight is 267 g/mol. The fourth-order valence-corrected chi connectivity index (χ4v) is 1.62. The van der Waals surface area contributed by atoms with Crippen LogP contribution in [0.25, 0.3) is 17.2 Å². The highest BCUT2D eigenvalue weighted by atomic mass is 16.3. The molecule has 0 amide bonds. The van der Waals surface area contributed by atoms with Crippen LogP contribution < -0.4 is 11.3 Å². The number of hydrogen-bond acceptors (Lipinski definition) is 4. The van der Waals surface area contributed by atoms with Crippen LogP contribution in [0.1, 0.15) is 12.8 Å². The lowest BCUT2D eigenvalue weighted by molar-refractivity contribution is 0.589. The summed E-state index contributed by atoms with van der Waals surface area (Å²) in [5.74, 6) is 5.90. The first-order chi connectivity index (χ1) is 9.72. The van der Waals surface area contributed by atoms with Gasteiger partial charge in [0.05, 0.1) is 0 Å². The number of aromatic nitrogens is 1.